The van der Waals surface area contributed by atoms with Gasteiger partial charge < -0.3 is 10.5 Å². The summed E-state index contributed by atoms with van der Waals surface area (Å²) in [5, 5.41) is 4.30. The Hall–Kier alpha value is -1.03. The van der Waals surface area contributed by atoms with Crippen LogP contribution in [0.5, 0.6) is 0 Å². The highest BCUT2D eigenvalue weighted by Gasteiger charge is 2.22. The number of nitrogen functional groups attached to an aromatic ring is 1. The van der Waals surface area contributed by atoms with Crippen LogP contribution in [0.25, 0.3) is 0 Å². The smallest absolute Gasteiger partial charge is 0.0908 e. The number of rotatable bonds is 1. The Morgan fingerprint density at radius 1 is 1.75 bits per heavy atom. The highest BCUT2D eigenvalue weighted by Crippen LogP contribution is 2.27. The van der Waals surface area contributed by atoms with E-state index in [1.165, 1.54) is 0 Å². The van der Waals surface area contributed by atoms with E-state index in [0.717, 1.165) is 31.0 Å². The van der Waals surface area contributed by atoms with Crippen molar-refractivity contribution in [3.05, 3.63) is 11.9 Å². The van der Waals surface area contributed by atoms with Crippen LogP contribution in [-0.2, 0) is 11.8 Å². The maximum Gasteiger partial charge on any atom is 0.0908 e. The molecule has 0 saturated carbocycles. The van der Waals surface area contributed by atoms with Crippen molar-refractivity contribution in [3.8, 4) is 0 Å². The number of hydrogen-bond acceptors (Lipinski definition) is 3. The van der Waals surface area contributed by atoms with Gasteiger partial charge in [0, 0.05) is 25.8 Å². The van der Waals surface area contributed by atoms with Gasteiger partial charge in [-0.25, -0.2) is 0 Å². The van der Waals surface area contributed by atoms with Crippen molar-refractivity contribution >= 4 is 5.69 Å². The fraction of sp³-hybridized carbons (Fsp3) is 0.625. The first-order valence-electron chi connectivity index (χ1n) is 4.14. The molecule has 1 aromatic rings. The molecule has 0 bridgehead atoms. The Labute approximate surface area is 71.3 Å². The molecule has 4 heteroatoms. The van der Waals surface area contributed by atoms with E-state index < -0.39 is 0 Å². The molecule has 1 aliphatic rings. The van der Waals surface area contributed by atoms with Crippen LogP contribution in [-0.4, -0.2) is 23.0 Å². The summed E-state index contributed by atoms with van der Waals surface area (Å²) in [6.45, 7) is 1.60. The fourth-order valence-electron chi connectivity index (χ4n) is 1.59. The highest BCUT2D eigenvalue weighted by atomic mass is 16.5. The number of aryl methyl sites for hydroxylation is 1. The fourth-order valence-corrected chi connectivity index (χ4v) is 1.59. The molecule has 1 unspecified atom stereocenters. The molecule has 2 rings (SSSR count). The average molecular weight is 167 g/mol. The van der Waals surface area contributed by atoms with Gasteiger partial charge >= 0.3 is 0 Å². The monoisotopic (exact) mass is 167 g/mol. The van der Waals surface area contributed by atoms with E-state index in [2.05, 4.69) is 5.10 Å². The Morgan fingerprint density at radius 3 is 3.08 bits per heavy atom. The zero-order valence-corrected chi connectivity index (χ0v) is 7.16. The van der Waals surface area contributed by atoms with Gasteiger partial charge in [0.2, 0.25) is 0 Å². The van der Waals surface area contributed by atoms with E-state index in [4.69, 9.17) is 10.5 Å². The van der Waals surface area contributed by atoms with Gasteiger partial charge in [-0.15, -0.1) is 0 Å². The highest BCUT2D eigenvalue weighted by molar-refractivity contribution is 5.42. The van der Waals surface area contributed by atoms with Crippen molar-refractivity contribution in [2.75, 3.05) is 18.9 Å². The summed E-state index contributed by atoms with van der Waals surface area (Å²) in [5.41, 5.74) is 7.56. The summed E-state index contributed by atoms with van der Waals surface area (Å²) < 4.78 is 7.02. The van der Waals surface area contributed by atoms with E-state index >= 15 is 0 Å². The van der Waals surface area contributed by atoms with E-state index in [1.54, 1.807) is 4.68 Å². The van der Waals surface area contributed by atoms with Crippen LogP contribution in [0.3, 0.4) is 0 Å². The van der Waals surface area contributed by atoms with Crippen molar-refractivity contribution < 1.29 is 4.74 Å². The third-order valence-corrected chi connectivity index (χ3v) is 2.20. The molecule has 0 spiro atoms. The van der Waals surface area contributed by atoms with Gasteiger partial charge in [0.1, 0.15) is 0 Å². The molecule has 12 heavy (non-hydrogen) atoms. The Morgan fingerprint density at radius 2 is 2.58 bits per heavy atom. The number of ether oxygens (including phenoxy) is 1. The molecule has 4 nitrogen and oxygen atoms in total. The summed E-state index contributed by atoms with van der Waals surface area (Å²) in [4.78, 5) is 0. The maximum atomic E-state index is 5.78. The van der Waals surface area contributed by atoms with Crippen molar-refractivity contribution in [3.63, 3.8) is 0 Å². The molecule has 1 fully saturated rings. The van der Waals surface area contributed by atoms with Gasteiger partial charge in [0.15, 0.2) is 0 Å². The molecule has 1 aromatic heterocycles. The maximum absolute atomic E-state index is 5.78. The quantitative estimate of drug-likeness (QED) is 0.663. The lowest BCUT2D eigenvalue weighted by Gasteiger charge is -2.03. The number of aromatic nitrogens is 2. The lowest BCUT2D eigenvalue weighted by Crippen LogP contribution is -2.02. The van der Waals surface area contributed by atoms with E-state index in [9.17, 15) is 0 Å². The molecule has 1 saturated heterocycles. The molecule has 0 aliphatic carbocycles. The molecule has 66 valence electrons. The summed E-state index contributed by atoms with van der Waals surface area (Å²) in [6, 6.07) is 0. The summed E-state index contributed by atoms with van der Waals surface area (Å²) in [7, 11) is 1.88. The largest absolute Gasteiger partial charge is 0.396 e. The van der Waals surface area contributed by atoms with Crippen LogP contribution in [0.1, 0.15) is 18.0 Å². The normalized spacial score (nSPS) is 23.2. The van der Waals surface area contributed by atoms with Gasteiger partial charge in [-0.3, -0.25) is 4.68 Å². The predicted octanol–water partition coefficient (Wildman–Crippen LogP) is 0.506. The van der Waals surface area contributed by atoms with Gasteiger partial charge in [0.25, 0.3) is 0 Å². The second kappa shape index (κ2) is 2.79. The van der Waals surface area contributed by atoms with Gasteiger partial charge in [-0.05, 0) is 6.42 Å². The van der Waals surface area contributed by atoms with E-state index in [1.807, 2.05) is 13.2 Å². The standard InChI is InChI=1S/C8H13N3O/c1-11-4-7(9)8(10-11)6-2-3-12-5-6/h4,6H,2-3,5,9H2,1H3. The first kappa shape index (κ1) is 7.61. The number of nitrogens with zero attached hydrogens (tertiary/aromatic N) is 2. The van der Waals surface area contributed by atoms with E-state index in [-0.39, 0.29) is 0 Å². The van der Waals surface area contributed by atoms with Crippen LogP contribution in [0.2, 0.25) is 0 Å². The van der Waals surface area contributed by atoms with Crippen LogP contribution >= 0.6 is 0 Å². The Bertz CT molecular complexity index is 276. The van der Waals surface area contributed by atoms with Crippen molar-refractivity contribution in [2.24, 2.45) is 7.05 Å². The van der Waals surface area contributed by atoms with Crippen LogP contribution < -0.4 is 5.73 Å². The lowest BCUT2D eigenvalue weighted by molar-refractivity contribution is 0.193. The van der Waals surface area contributed by atoms with Crippen LogP contribution in [0.4, 0.5) is 5.69 Å². The summed E-state index contributed by atoms with van der Waals surface area (Å²) >= 11 is 0. The average Bonchev–Trinajstić information content (AvgIpc) is 2.58. The van der Waals surface area contributed by atoms with Crippen molar-refractivity contribution in [1.82, 2.24) is 9.78 Å². The Balaban J connectivity index is 2.25. The zero-order chi connectivity index (χ0) is 8.55. The molecule has 1 atom stereocenters. The van der Waals surface area contributed by atoms with Crippen molar-refractivity contribution in [1.29, 1.82) is 0 Å². The first-order valence-corrected chi connectivity index (χ1v) is 4.14. The van der Waals surface area contributed by atoms with E-state index in [0.29, 0.717) is 5.92 Å². The first-order chi connectivity index (χ1) is 5.77. The third-order valence-electron chi connectivity index (χ3n) is 2.20. The van der Waals surface area contributed by atoms with Gasteiger partial charge in [0.05, 0.1) is 18.0 Å². The molecule has 2 N–H and O–H groups in total. The lowest BCUT2D eigenvalue weighted by atomic mass is 10.0. The summed E-state index contributed by atoms with van der Waals surface area (Å²) in [6.07, 6.45) is 2.88. The molecular formula is C8H13N3O. The molecular weight excluding hydrogens is 154 g/mol. The molecule has 2 heterocycles. The molecule has 0 amide bonds. The minimum Gasteiger partial charge on any atom is -0.396 e. The SMILES string of the molecule is Cn1cc(N)c(C2CCOC2)n1. The predicted molar refractivity (Wildman–Crippen MR) is 45.8 cm³/mol. The Kier molecular flexibility index (Phi) is 1.77. The molecule has 1 aliphatic heterocycles. The molecule has 0 radical (unpaired) electrons. The number of hydrogen-bond donors (Lipinski definition) is 1. The topological polar surface area (TPSA) is 53.1 Å². The van der Waals surface area contributed by atoms with Crippen LogP contribution in [0, 0.1) is 0 Å². The second-order valence-corrected chi connectivity index (χ2v) is 3.20. The zero-order valence-electron chi connectivity index (χ0n) is 7.16. The van der Waals surface area contributed by atoms with Crippen LogP contribution in [0.15, 0.2) is 6.20 Å². The number of nitrogens with two attached hydrogens (primary N) is 1. The number of anilines is 1. The minimum absolute atomic E-state index is 0.409. The van der Waals surface area contributed by atoms with Crippen molar-refractivity contribution in [2.45, 2.75) is 12.3 Å². The third kappa shape index (κ3) is 1.18. The minimum atomic E-state index is 0.409. The van der Waals surface area contributed by atoms with Gasteiger partial charge in [-0.2, -0.15) is 5.10 Å². The molecule has 0 aromatic carbocycles. The summed E-state index contributed by atoms with van der Waals surface area (Å²) in [5.74, 6) is 0.409. The second-order valence-electron chi connectivity index (χ2n) is 3.20. The van der Waals surface area contributed by atoms with Gasteiger partial charge in [-0.1, -0.05) is 0 Å².